The molecule has 0 bridgehead atoms. The number of nitrogen functional groups attached to an aromatic ring is 1. The van der Waals surface area contributed by atoms with Gasteiger partial charge in [-0.05, 0) is 24.5 Å². The van der Waals surface area contributed by atoms with Crippen molar-refractivity contribution < 1.29 is 14.9 Å². The van der Waals surface area contributed by atoms with E-state index in [4.69, 9.17) is 10.5 Å². The molecule has 18 heavy (non-hydrogen) atoms. The first-order valence-electron chi connectivity index (χ1n) is 6.47. The highest BCUT2D eigenvalue weighted by molar-refractivity contribution is 5.46. The predicted molar refractivity (Wildman–Crippen MR) is 69.9 cm³/mol. The Balaban J connectivity index is 1.99. The molecule has 0 saturated heterocycles. The lowest BCUT2D eigenvalue weighted by atomic mass is 10.1. The molecule has 0 spiro atoms. The SMILES string of the molecule is Nc1ccccc1CC(CO)OC1(O)CCCC1. The zero-order chi connectivity index (χ0) is 13.0. The van der Waals surface area contributed by atoms with Gasteiger partial charge in [0.15, 0.2) is 5.79 Å². The van der Waals surface area contributed by atoms with Crippen LogP contribution in [0.25, 0.3) is 0 Å². The Hall–Kier alpha value is -1.10. The third-order valence-electron chi connectivity index (χ3n) is 3.48. The van der Waals surface area contributed by atoms with Gasteiger partial charge in [-0.25, -0.2) is 0 Å². The summed E-state index contributed by atoms with van der Waals surface area (Å²) in [4.78, 5) is 0. The number of nitrogens with two attached hydrogens (primary N) is 1. The molecule has 1 fully saturated rings. The molecule has 4 heteroatoms. The number of hydrogen-bond donors (Lipinski definition) is 3. The molecule has 0 aliphatic heterocycles. The van der Waals surface area contributed by atoms with Crippen LogP contribution in [0.15, 0.2) is 24.3 Å². The van der Waals surface area contributed by atoms with Crippen molar-refractivity contribution in [2.45, 2.75) is 44.0 Å². The molecule has 4 nitrogen and oxygen atoms in total. The van der Waals surface area contributed by atoms with E-state index in [0.717, 1.165) is 18.4 Å². The number of benzene rings is 1. The second kappa shape index (κ2) is 5.69. The first-order chi connectivity index (χ1) is 8.63. The summed E-state index contributed by atoms with van der Waals surface area (Å²) in [5.74, 6) is -1.06. The van der Waals surface area contributed by atoms with Crippen molar-refractivity contribution >= 4 is 5.69 Å². The van der Waals surface area contributed by atoms with E-state index < -0.39 is 11.9 Å². The highest BCUT2D eigenvalue weighted by atomic mass is 16.6. The van der Waals surface area contributed by atoms with Gasteiger partial charge >= 0.3 is 0 Å². The van der Waals surface area contributed by atoms with Crippen LogP contribution in [0, 0.1) is 0 Å². The van der Waals surface area contributed by atoms with Crippen LogP contribution in [-0.2, 0) is 11.2 Å². The van der Waals surface area contributed by atoms with Gasteiger partial charge in [0, 0.05) is 24.9 Å². The molecule has 1 saturated carbocycles. The molecule has 100 valence electrons. The van der Waals surface area contributed by atoms with Crippen molar-refractivity contribution in [1.82, 2.24) is 0 Å². The molecule has 4 N–H and O–H groups in total. The third kappa shape index (κ3) is 3.22. The minimum Gasteiger partial charge on any atom is -0.399 e. The Morgan fingerprint density at radius 3 is 2.56 bits per heavy atom. The quantitative estimate of drug-likeness (QED) is 0.547. The van der Waals surface area contributed by atoms with Crippen LogP contribution in [-0.4, -0.2) is 28.7 Å². The summed E-state index contributed by atoms with van der Waals surface area (Å²) in [5.41, 5.74) is 7.50. The van der Waals surface area contributed by atoms with Gasteiger partial charge < -0.3 is 20.7 Å². The van der Waals surface area contributed by atoms with Gasteiger partial charge in [0.25, 0.3) is 0 Å². The van der Waals surface area contributed by atoms with E-state index in [1.807, 2.05) is 24.3 Å². The molecule has 1 unspecified atom stereocenters. The Labute approximate surface area is 107 Å². The van der Waals surface area contributed by atoms with Gasteiger partial charge in [0.2, 0.25) is 0 Å². The monoisotopic (exact) mass is 251 g/mol. The highest BCUT2D eigenvalue weighted by Gasteiger charge is 2.34. The topological polar surface area (TPSA) is 75.7 Å². The normalized spacial score (nSPS) is 19.9. The van der Waals surface area contributed by atoms with Gasteiger partial charge in [-0.2, -0.15) is 0 Å². The summed E-state index contributed by atoms with van der Waals surface area (Å²) in [6.45, 7) is -0.114. The Morgan fingerprint density at radius 2 is 1.94 bits per heavy atom. The Kier molecular flexibility index (Phi) is 4.22. The maximum atomic E-state index is 10.2. The highest BCUT2D eigenvalue weighted by Crippen LogP contribution is 2.32. The largest absolute Gasteiger partial charge is 0.399 e. The lowest BCUT2D eigenvalue weighted by Gasteiger charge is -2.28. The number of ether oxygens (including phenoxy) is 1. The predicted octanol–water partition coefficient (Wildman–Crippen LogP) is 1.45. The molecule has 0 radical (unpaired) electrons. The zero-order valence-electron chi connectivity index (χ0n) is 10.5. The number of aliphatic hydroxyl groups excluding tert-OH is 1. The molecule has 1 aliphatic carbocycles. The van der Waals surface area contributed by atoms with Gasteiger partial charge in [0.1, 0.15) is 0 Å². The number of hydrogen-bond acceptors (Lipinski definition) is 4. The molecule has 0 heterocycles. The summed E-state index contributed by atoms with van der Waals surface area (Å²) in [5, 5.41) is 19.6. The lowest BCUT2D eigenvalue weighted by molar-refractivity contribution is -0.230. The molecule has 1 atom stereocenters. The van der Waals surface area contributed by atoms with E-state index in [1.165, 1.54) is 0 Å². The van der Waals surface area contributed by atoms with E-state index >= 15 is 0 Å². The van der Waals surface area contributed by atoms with Crippen molar-refractivity contribution in [3.05, 3.63) is 29.8 Å². The molecule has 0 aromatic heterocycles. The van der Waals surface area contributed by atoms with Crippen LogP contribution in [0.3, 0.4) is 0 Å². The average molecular weight is 251 g/mol. The standard InChI is InChI=1S/C14H21NO3/c15-13-6-2-1-5-11(13)9-12(10-16)18-14(17)7-3-4-8-14/h1-2,5-6,12,16-17H,3-4,7-10,15H2. The van der Waals surface area contributed by atoms with Crippen molar-refractivity contribution in [3.63, 3.8) is 0 Å². The number of para-hydroxylation sites is 1. The maximum Gasteiger partial charge on any atom is 0.165 e. The lowest BCUT2D eigenvalue weighted by Crippen LogP contribution is -2.36. The van der Waals surface area contributed by atoms with E-state index in [2.05, 4.69) is 0 Å². The maximum absolute atomic E-state index is 10.2. The van der Waals surface area contributed by atoms with Gasteiger partial charge in [-0.3, -0.25) is 0 Å². The minimum absolute atomic E-state index is 0.114. The number of aliphatic hydroxyl groups is 2. The third-order valence-corrected chi connectivity index (χ3v) is 3.48. The molecule has 2 rings (SSSR count). The van der Waals surface area contributed by atoms with Gasteiger partial charge in [-0.15, -0.1) is 0 Å². The van der Waals surface area contributed by atoms with Crippen LogP contribution in [0.1, 0.15) is 31.2 Å². The van der Waals surface area contributed by atoms with Crippen molar-refractivity contribution in [3.8, 4) is 0 Å². The molecular formula is C14H21NO3. The van der Waals surface area contributed by atoms with Crippen LogP contribution >= 0.6 is 0 Å². The van der Waals surface area contributed by atoms with E-state index in [-0.39, 0.29) is 6.61 Å². The minimum atomic E-state index is -1.06. The van der Waals surface area contributed by atoms with Crippen molar-refractivity contribution in [2.75, 3.05) is 12.3 Å². The fourth-order valence-corrected chi connectivity index (χ4v) is 2.46. The first-order valence-corrected chi connectivity index (χ1v) is 6.47. The fourth-order valence-electron chi connectivity index (χ4n) is 2.46. The molecule has 1 aliphatic rings. The molecule has 1 aromatic carbocycles. The van der Waals surface area contributed by atoms with E-state index in [1.54, 1.807) is 0 Å². The van der Waals surface area contributed by atoms with Crippen LogP contribution < -0.4 is 5.73 Å². The van der Waals surface area contributed by atoms with Gasteiger partial charge in [-0.1, -0.05) is 18.2 Å². The smallest absolute Gasteiger partial charge is 0.165 e. The second-order valence-corrected chi connectivity index (χ2v) is 4.98. The van der Waals surface area contributed by atoms with Crippen molar-refractivity contribution in [2.24, 2.45) is 0 Å². The van der Waals surface area contributed by atoms with Crippen molar-refractivity contribution in [1.29, 1.82) is 0 Å². The summed E-state index contributed by atoms with van der Waals surface area (Å²) in [6.07, 6.45) is 3.36. The Bertz CT molecular complexity index is 388. The zero-order valence-corrected chi connectivity index (χ0v) is 10.5. The van der Waals surface area contributed by atoms with E-state index in [9.17, 15) is 10.2 Å². The summed E-state index contributed by atoms with van der Waals surface area (Å²) >= 11 is 0. The van der Waals surface area contributed by atoms with E-state index in [0.29, 0.717) is 24.9 Å². The summed E-state index contributed by atoms with van der Waals surface area (Å²) < 4.78 is 5.66. The van der Waals surface area contributed by atoms with Crippen LogP contribution in [0.4, 0.5) is 5.69 Å². The van der Waals surface area contributed by atoms with Crippen LogP contribution in [0.2, 0.25) is 0 Å². The Morgan fingerprint density at radius 1 is 1.28 bits per heavy atom. The first kappa shape index (κ1) is 13.3. The molecular weight excluding hydrogens is 230 g/mol. The fraction of sp³-hybridized carbons (Fsp3) is 0.571. The number of anilines is 1. The van der Waals surface area contributed by atoms with Gasteiger partial charge in [0.05, 0.1) is 12.7 Å². The summed E-state index contributed by atoms with van der Waals surface area (Å²) in [7, 11) is 0. The second-order valence-electron chi connectivity index (χ2n) is 4.98. The summed E-state index contributed by atoms with van der Waals surface area (Å²) in [6, 6.07) is 7.52. The van der Waals surface area contributed by atoms with Crippen LogP contribution in [0.5, 0.6) is 0 Å². The average Bonchev–Trinajstić information content (AvgIpc) is 2.78. The molecule has 1 aromatic rings. The molecule has 0 amide bonds. The number of rotatable bonds is 5.